The summed E-state index contributed by atoms with van der Waals surface area (Å²) in [6.45, 7) is 7.64. The van der Waals surface area contributed by atoms with Crippen LogP contribution in [0.1, 0.15) is 40.0 Å². The van der Waals surface area contributed by atoms with Crippen molar-refractivity contribution in [1.82, 2.24) is 4.90 Å². The third-order valence-electron chi connectivity index (χ3n) is 4.01. The normalized spacial score (nSPS) is 22.2. The molecule has 1 rings (SSSR count). The molecule has 0 aromatic rings. The Labute approximate surface area is 108 Å². The highest BCUT2D eigenvalue weighted by atomic mass is 19.4. The maximum atomic E-state index is 12.9. The topological polar surface area (TPSA) is 29.3 Å². The van der Waals surface area contributed by atoms with E-state index < -0.39 is 12.2 Å². The molecule has 1 atom stereocenters. The van der Waals surface area contributed by atoms with Crippen molar-refractivity contribution in [1.29, 1.82) is 0 Å². The maximum absolute atomic E-state index is 12.9. The highest BCUT2D eigenvalue weighted by Gasteiger charge is 2.44. The molecule has 0 aliphatic carbocycles. The van der Waals surface area contributed by atoms with Crippen molar-refractivity contribution >= 4 is 0 Å². The van der Waals surface area contributed by atoms with E-state index in [0.29, 0.717) is 19.0 Å². The number of likely N-dealkylation sites (tertiary alicyclic amines) is 1. The summed E-state index contributed by atoms with van der Waals surface area (Å²) in [5, 5.41) is 0. The number of piperidine rings is 1. The molecule has 1 unspecified atom stereocenters. The summed E-state index contributed by atoms with van der Waals surface area (Å²) in [7, 11) is 0. The Morgan fingerprint density at radius 3 is 2.00 bits per heavy atom. The van der Waals surface area contributed by atoms with Gasteiger partial charge in [-0.25, -0.2) is 0 Å². The average molecular weight is 266 g/mol. The third kappa shape index (κ3) is 4.12. The van der Waals surface area contributed by atoms with Crippen LogP contribution in [0.3, 0.4) is 0 Å². The monoisotopic (exact) mass is 266 g/mol. The van der Waals surface area contributed by atoms with E-state index in [4.69, 9.17) is 5.73 Å². The summed E-state index contributed by atoms with van der Waals surface area (Å²) in [6.07, 6.45) is -2.46. The molecule has 1 aliphatic heterocycles. The number of nitrogens with two attached hydrogens (primary N) is 1. The maximum Gasteiger partial charge on any atom is 0.404 e. The van der Waals surface area contributed by atoms with Crippen molar-refractivity contribution in [3.63, 3.8) is 0 Å². The molecule has 1 saturated heterocycles. The van der Waals surface area contributed by atoms with Crippen LogP contribution in [0, 0.1) is 11.3 Å². The largest absolute Gasteiger partial charge is 0.404 e. The molecule has 0 spiro atoms. The summed E-state index contributed by atoms with van der Waals surface area (Å²) in [5.41, 5.74) is 5.49. The van der Waals surface area contributed by atoms with Crippen LogP contribution in [0.15, 0.2) is 0 Å². The van der Waals surface area contributed by atoms with Crippen LogP contribution in [0.4, 0.5) is 13.2 Å². The van der Waals surface area contributed by atoms with Gasteiger partial charge in [0.2, 0.25) is 0 Å². The lowest BCUT2D eigenvalue weighted by molar-refractivity contribution is -0.189. The molecule has 0 radical (unpaired) electrons. The van der Waals surface area contributed by atoms with Gasteiger partial charge in [-0.2, -0.15) is 13.2 Å². The number of hydrogen-bond acceptors (Lipinski definition) is 2. The molecule has 1 heterocycles. The van der Waals surface area contributed by atoms with E-state index in [-0.39, 0.29) is 18.4 Å². The second-order valence-corrected chi connectivity index (χ2v) is 6.31. The molecule has 0 aromatic carbocycles. The Kier molecular flexibility index (Phi) is 5.06. The van der Waals surface area contributed by atoms with E-state index in [9.17, 15) is 13.2 Å². The Balaban J connectivity index is 2.60. The molecule has 2 nitrogen and oxygen atoms in total. The molecule has 18 heavy (non-hydrogen) atoms. The van der Waals surface area contributed by atoms with Gasteiger partial charge in [0.1, 0.15) is 6.04 Å². The van der Waals surface area contributed by atoms with Gasteiger partial charge in [0.25, 0.3) is 0 Å². The van der Waals surface area contributed by atoms with Crippen molar-refractivity contribution < 1.29 is 13.2 Å². The van der Waals surface area contributed by atoms with Crippen LogP contribution in [0.2, 0.25) is 0 Å². The quantitative estimate of drug-likeness (QED) is 0.850. The minimum Gasteiger partial charge on any atom is -0.330 e. The van der Waals surface area contributed by atoms with E-state index >= 15 is 0 Å². The zero-order chi connectivity index (χ0) is 14.0. The molecule has 0 saturated carbocycles. The van der Waals surface area contributed by atoms with E-state index in [1.807, 2.05) is 0 Å². The zero-order valence-corrected chi connectivity index (χ0v) is 11.6. The molecule has 5 heteroatoms. The van der Waals surface area contributed by atoms with Crippen LogP contribution in [0.5, 0.6) is 0 Å². The molecule has 2 N–H and O–H groups in total. The Morgan fingerprint density at radius 2 is 1.67 bits per heavy atom. The first-order chi connectivity index (χ1) is 8.16. The lowest BCUT2D eigenvalue weighted by Gasteiger charge is -2.42. The molecule has 1 fully saturated rings. The average Bonchev–Trinajstić information content (AvgIpc) is 2.23. The molecule has 0 bridgehead atoms. The summed E-state index contributed by atoms with van der Waals surface area (Å²) >= 11 is 0. The van der Waals surface area contributed by atoms with Crippen molar-refractivity contribution in [3.05, 3.63) is 0 Å². The Morgan fingerprint density at radius 1 is 1.17 bits per heavy atom. The van der Waals surface area contributed by atoms with Gasteiger partial charge in [0, 0.05) is 0 Å². The number of halogens is 3. The molecular formula is C13H25F3N2. The van der Waals surface area contributed by atoms with E-state index in [1.165, 1.54) is 0 Å². The number of hydrogen-bond donors (Lipinski definition) is 1. The van der Waals surface area contributed by atoms with Gasteiger partial charge in [0.05, 0.1) is 0 Å². The predicted octanol–water partition coefficient (Wildman–Crippen LogP) is 3.02. The first-order valence-corrected chi connectivity index (χ1v) is 6.67. The molecule has 108 valence electrons. The van der Waals surface area contributed by atoms with Crippen molar-refractivity contribution in [3.8, 4) is 0 Å². The SMILES string of the molecule is CC(C)(C)C1CCN(C(CCN)C(F)(F)F)CC1. The van der Waals surface area contributed by atoms with Gasteiger partial charge in [-0.3, -0.25) is 4.90 Å². The lowest BCUT2D eigenvalue weighted by atomic mass is 9.75. The number of nitrogens with zero attached hydrogens (tertiary/aromatic N) is 1. The highest BCUT2D eigenvalue weighted by molar-refractivity contribution is 4.86. The van der Waals surface area contributed by atoms with Crippen LogP contribution in [-0.4, -0.2) is 36.8 Å². The van der Waals surface area contributed by atoms with Crippen molar-refractivity contribution in [2.24, 2.45) is 17.1 Å². The van der Waals surface area contributed by atoms with Crippen molar-refractivity contribution in [2.45, 2.75) is 52.3 Å². The molecular weight excluding hydrogens is 241 g/mol. The fourth-order valence-corrected chi connectivity index (χ4v) is 2.79. The van der Waals surface area contributed by atoms with E-state index in [2.05, 4.69) is 20.8 Å². The Bertz CT molecular complexity index is 250. The van der Waals surface area contributed by atoms with Crippen LogP contribution >= 0.6 is 0 Å². The smallest absolute Gasteiger partial charge is 0.330 e. The Hall–Kier alpha value is -0.290. The predicted molar refractivity (Wildman–Crippen MR) is 67.3 cm³/mol. The van der Waals surface area contributed by atoms with Gasteiger partial charge >= 0.3 is 6.18 Å². The molecule has 0 amide bonds. The van der Waals surface area contributed by atoms with Crippen molar-refractivity contribution in [2.75, 3.05) is 19.6 Å². The standard InChI is InChI=1S/C13H25F3N2/c1-12(2,3)10-5-8-18(9-6-10)11(4-7-17)13(14,15)16/h10-11H,4-9,17H2,1-3H3. The second-order valence-electron chi connectivity index (χ2n) is 6.31. The minimum absolute atomic E-state index is 0.00366. The first-order valence-electron chi connectivity index (χ1n) is 6.67. The van der Waals surface area contributed by atoms with Gasteiger partial charge in [-0.05, 0) is 50.2 Å². The van der Waals surface area contributed by atoms with E-state index in [1.54, 1.807) is 4.90 Å². The molecule has 0 aromatic heterocycles. The number of alkyl halides is 3. The van der Waals surface area contributed by atoms with Crippen LogP contribution in [0.25, 0.3) is 0 Å². The number of rotatable bonds is 3. The summed E-state index contributed by atoms with van der Waals surface area (Å²) in [5.74, 6) is 0.514. The lowest BCUT2D eigenvalue weighted by Crippen LogP contribution is -2.50. The van der Waals surface area contributed by atoms with Gasteiger partial charge in [0.15, 0.2) is 0 Å². The summed E-state index contributed by atoms with van der Waals surface area (Å²) in [6, 6.07) is -1.36. The summed E-state index contributed by atoms with van der Waals surface area (Å²) < 4.78 is 38.8. The fourth-order valence-electron chi connectivity index (χ4n) is 2.79. The molecule has 1 aliphatic rings. The van der Waals surface area contributed by atoms with Gasteiger partial charge < -0.3 is 5.73 Å². The highest BCUT2D eigenvalue weighted by Crippen LogP contribution is 2.37. The first kappa shape index (κ1) is 15.8. The second kappa shape index (κ2) is 5.78. The van der Waals surface area contributed by atoms with E-state index in [0.717, 1.165) is 12.8 Å². The van der Waals surface area contributed by atoms with Gasteiger partial charge in [-0.15, -0.1) is 0 Å². The van der Waals surface area contributed by atoms with Gasteiger partial charge in [-0.1, -0.05) is 20.8 Å². The van der Waals surface area contributed by atoms with Crippen LogP contribution in [-0.2, 0) is 0 Å². The zero-order valence-electron chi connectivity index (χ0n) is 11.6. The summed E-state index contributed by atoms with van der Waals surface area (Å²) in [4.78, 5) is 1.56. The minimum atomic E-state index is -4.16. The third-order valence-corrected chi connectivity index (χ3v) is 4.01. The van der Waals surface area contributed by atoms with Crippen LogP contribution < -0.4 is 5.73 Å². The fraction of sp³-hybridized carbons (Fsp3) is 1.00.